The molecule has 0 radical (unpaired) electrons. The van der Waals surface area contributed by atoms with Crippen LogP contribution in [0.4, 0.5) is 5.82 Å². The maximum Gasteiger partial charge on any atom is 0.154 e. The molecule has 1 aromatic heterocycles. The predicted octanol–water partition coefficient (Wildman–Crippen LogP) is 4.17. The fourth-order valence-electron chi connectivity index (χ4n) is 1.59. The summed E-state index contributed by atoms with van der Waals surface area (Å²) >= 11 is 6.01. The van der Waals surface area contributed by atoms with Gasteiger partial charge in [0.2, 0.25) is 0 Å². The van der Waals surface area contributed by atoms with Gasteiger partial charge in [0.05, 0.1) is 15.9 Å². The molecule has 0 unspecified atom stereocenters. The average molecular weight is 256 g/mol. The number of hydrogen-bond acceptors (Lipinski definition) is 2. The van der Waals surface area contributed by atoms with Crippen LogP contribution in [0.15, 0.2) is 12.1 Å². The summed E-state index contributed by atoms with van der Waals surface area (Å²) in [5.74, 6) is 0.492. The molecule has 0 aliphatic heterocycles. The number of nitrogens with two attached hydrogens (primary N) is 1. The zero-order chi connectivity index (χ0) is 13.6. The highest BCUT2D eigenvalue weighted by Crippen LogP contribution is 2.29. The molecule has 4 heteroatoms. The lowest BCUT2D eigenvalue weighted by Crippen LogP contribution is -1.92. The molecule has 0 saturated heterocycles. The second kappa shape index (κ2) is 7.17. The van der Waals surface area contributed by atoms with Gasteiger partial charge in [-0.3, -0.25) is 4.68 Å². The van der Waals surface area contributed by atoms with Gasteiger partial charge in [-0.05, 0) is 18.6 Å². The van der Waals surface area contributed by atoms with Crippen LogP contribution in [0.3, 0.4) is 0 Å². The minimum atomic E-state index is 0.492. The molecule has 0 fully saturated rings. The Morgan fingerprint density at radius 3 is 2.18 bits per heavy atom. The Morgan fingerprint density at radius 2 is 1.71 bits per heavy atom. The van der Waals surface area contributed by atoms with E-state index in [2.05, 4.69) is 5.10 Å². The van der Waals surface area contributed by atoms with Gasteiger partial charge in [-0.1, -0.05) is 45.4 Å². The molecule has 2 N–H and O–H groups in total. The van der Waals surface area contributed by atoms with Gasteiger partial charge in [0.25, 0.3) is 0 Å². The van der Waals surface area contributed by atoms with Crippen molar-refractivity contribution in [2.75, 3.05) is 5.73 Å². The number of nitrogens with zero attached hydrogens (tertiary/aromatic N) is 2. The van der Waals surface area contributed by atoms with Crippen molar-refractivity contribution >= 4 is 28.3 Å². The third-order valence-corrected chi connectivity index (χ3v) is 2.48. The van der Waals surface area contributed by atoms with Gasteiger partial charge >= 0.3 is 0 Å². The summed E-state index contributed by atoms with van der Waals surface area (Å²) in [5, 5.41) is 5.63. The smallest absolute Gasteiger partial charge is 0.154 e. The zero-order valence-corrected chi connectivity index (χ0v) is 12.3. The normalized spacial score (nSPS) is 9.12. The van der Waals surface area contributed by atoms with E-state index in [4.69, 9.17) is 17.3 Å². The van der Waals surface area contributed by atoms with Crippen LogP contribution in [-0.2, 0) is 7.05 Å². The van der Waals surface area contributed by atoms with Crippen LogP contribution in [-0.4, -0.2) is 9.78 Å². The summed E-state index contributed by atoms with van der Waals surface area (Å²) < 4.78 is 1.76. The first-order valence-corrected chi connectivity index (χ1v) is 6.36. The molecule has 2 aromatic rings. The Balaban J connectivity index is 0.000000581. The molecule has 3 nitrogen and oxygen atoms in total. The van der Waals surface area contributed by atoms with E-state index in [0.29, 0.717) is 10.8 Å². The lowest BCUT2D eigenvalue weighted by Gasteiger charge is -1.99. The molecule has 0 atom stereocenters. The van der Waals surface area contributed by atoms with E-state index in [1.54, 1.807) is 4.68 Å². The minimum absolute atomic E-state index is 0.492. The van der Waals surface area contributed by atoms with Crippen LogP contribution in [0.1, 0.15) is 33.3 Å². The van der Waals surface area contributed by atoms with Crippen LogP contribution in [0.2, 0.25) is 5.02 Å². The molecular formula is C13H22ClN3. The van der Waals surface area contributed by atoms with Gasteiger partial charge in [0, 0.05) is 7.05 Å². The number of hydrogen-bond donors (Lipinski definition) is 1. The summed E-state index contributed by atoms with van der Waals surface area (Å²) in [4.78, 5) is 0. The van der Waals surface area contributed by atoms with Crippen LogP contribution in [0, 0.1) is 6.92 Å². The van der Waals surface area contributed by atoms with E-state index in [1.807, 2.05) is 53.8 Å². The third kappa shape index (κ3) is 3.13. The average Bonchev–Trinajstić information content (AvgIpc) is 2.66. The number of benzene rings is 1. The third-order valence-electron chi connectivity index (χ3n) is 2.17. The monoisotopic (exact) mass is 255 g/mol. The SMILES string of the molecule is CC.CC.Cc1ccc(Cl)c2c(N)nn(C)c12. The largest absolute Gasteiger partial charge is 0.382 e. The van der Waals surface area contributed by atoms with Crippen LogP contribution >= 0.6 is 11.6 Å². The summed E-state index contributed by atoms with van der Waals surface area (Å²) in [6.45, 7) is 10.0. The summed E-state index contributed by atoms with van der Waals surface area (Å²) in [7, 11) is 1.86. The van der Waals surface area contributed by atoms with Gasteiger partial charge in [0.15, 0.2) is 5.82 Å². The van der Waals surface area contributed by atoms with Gasteiger partial charge in [0.1, 0.15) is 0 Å². The molecule has 0 aliphatic carbocycles. The fraction of sp³-hybridized carbons (Fsp3) is 0.462. The Bertz CT molecular complexity index is 433. The number of aryl methyl sites for hydroxylation is 2. The van der Waals surface area contributed by atoms with Crippen LogP contribution in [0.25, 0.3) is 10.9 Å². The minimum Gasteiger partial charge on any atom is -0.382 e. The highest BCUT2D eigenvalue weighted by molar-refractivity contribution is 6.36. The number of aromatic nitrogens is 2. The topological polar surface area (TPSA) is 43.8 Å². The number of rotatable bonds is 0. The molecular weight excluding hydrogens is 234 g/mol. The van der Waals surface area contributed by atoms with E-state index in [1.165, 1.54) is 0 Å². The maximum absolute atomic E-state index is 6.01. The standard InChI is InChI=1S/C9H10ClN3.2C2H6/c1-5-3-4-6(10)7-8(5)13(2)12-9(7)11;2*1-2/h3-4H,1-2H3,(H2,11,12);2*1-2H3. The second-order valence-electron chi connectivity index (χ2n) is 3.10. The predicted molar refractivity (Wildman–Crippen MR) is 77.6 cm³/mol. The van der Waals surface area contributed by atoms with Crippen molar-refractivity contribution in [3.63, 3.8) is 0 Å². The molecule has 0 bridgehead atoms. The number of halogens is 1. The highest BCUT2D eigenvalue weighted by atomic mass is 35.5. The van der Waals surface area contributed by atoms with Crippen molar-refractivity contribution in [1.82, 2.24) is 9.78 Å². The molecule has 17 heavy (non-hydrogen) atoms. The molecule has 0 saturated carbocycles. The molecule has 1 heterocycles. The summed E-state index contributed by atoms with van der Waals surface area (Å²) in [5.41, 5.74) is 7.87. The van der Waals surface area contributed by atoms with Crippen molar-refractivity contribution < 1.29 is 0 Å². The second-order valence-corrected chi connectivity index (χ2v) is 3.50. The Hall–Kier alpha value is -1.22. The van der Waals surface area contributed by atoms with Gasteiger partial charge in [-0.2, -0.15) is 5.10 Å². The first kappa shape index (κ1) is 15.8. The molecule has 96 valence electrons. The van der Waals surface area contributed by atoms with Gasteiger partial charge in [-0.25, -0.2) is 0 Å². The van der Waals surface area contributed by atoms with Crippen molar-refractivity contribution in [3.8, 4) is 0 Å². The quantitative estimate of drug-likeness (QED) is 0.768. The van der Waals surface area contributed by atoms with E-state index >= 15 is 0 Å². The Kier molecular flexibility index (Phi) is 6.66. The van der Waals surface area contributed by atoms with E-state index in [-0.39, 0.29) is 0 Å². The summed E-state index contributed by atoms with van der Waals surface area (Å²) in [6, 6.07) is 3.81. The van der Waals surface area contributed by atoms with Gasteiger partial charge < -0.3 is 5.73 Å². The fourth-order valence-corrected chi connectivity index (χ4v) is 1.84. The zero-order valence-electron chi connectivity index (χ0n) is 11.5. The number of nitrogen functional groups attached to an aromatic ring is 1. The van der Waals surface area contributed by atoms with Crippen LogP contribution in [0.5, 0.6) is 0 Å². The first-order chi connectivity index (χ1) is 8.11. The number of anilines is 1. The maximum atomic E-state index is 6.01. The first-order valence-electron chi connectivity index (χ1n) is 5.98. The van der Waals surface area contributed by atoms with Crippen molar-refractivity contribution in [3.05, 3.63) is 22.7 Å². The Morgan fingerprint density at radius 1 is 1.18 bits per heavy atom. The van der Waals surface area contributed by atoms with Gasteiger partial charge in [-0.15, -0.1) is 0 Å². The molecule has 0 amide bonds. The van der Waals surface area contributed by atoms with Crippen molar-refractivity contribution in [1.29, 1.82) is 0 Å². The molecule has 0 spiro atoms. The van der Waals surface area contributed by atoms with Crippen molar-refractivity contribution in [2.45, 2.75) is 34.6 Å². The lowest BCUT2D eigenvalue weighted by molar-refractivity contribution is 0.800. The molecule has 2 rings (SSSR count). The lowest BCUT2D eigenvalue weighted by atomic mass is 10.1. The van der Waals surface area contributed by atoms with E-state index in [9.17, 15) is 0 Å². The highest BCUT2D eigenvalue weighted by Gasteiger charge is 2.10. The van der Waals surface area contributed by atoms with Crippen molar-refractivity contribution in [2.24, 2.45) is 7.05 Å². The summed E-state index contributed by atoms with van der Waals surface area (Å²) in [6.07, 6.45) is 0. The Labute approximate surface area is 109 Å². The van der Waals surface area contributed by atoms with E-state index < -0.39 is 0 Å². The molecule has 1 aromatic carbocycles. The van der Waals surface area contributed by atoms with E-state index in [0.717, 1.165) is 16.5 Å². The van der Waals surface area contributed by atoms with Crippen LogP contribution < -0.4 is 5.73 Å². The molecule has 0 aliphatic rings. The number of fused-ring (bicyclic) bond motifs is 1.